The number of benzene rings is 3. The number of hydrogen-bond acceptors (Lipinski definition) is 6. The highest BCUT2D eigenvalue weighted by Crippen LogP contribution is 2.38. The van der Waals surface area contributed by atoms with Gasteiger partial charge in [0.05, 0.1) is 13.7 Å². The number of aliphatic imine (C=N–C) groups is 1. The summed E-state index contributed by atoms with van der Waals surface area (Å²) in [5.41, 5.74) is 2.08. The second-order valence-electron chi connectivity index (χ2n) is 7.19. The molecule has 4 rings (SSSR count). The quantitative estimate of drug-likeness (QED) is 0.178. The minimum Gasteiger partial charge on any atom is -0.493 e. The van der Waals surface area contributed by atoms with E-state index in [-0.39, 0.29) is 12.6 Å². The summed E-state index contributed by atoms with van der Waals surface area (Å²) in [4.78, 5) is 17.2. The zero-order valence-corrected chi connectivity index (χ0v) is 20.8. The van der Waals surface area contributed by atoms with E-state index in [9.17, 15) is 4.79 Å². The standard InChI is InChI=1S/C26H21Cl2NO4S/c1-3-32-26(30)24-19-6-4-5-7-23(19)34-25(24)29-14-16-8-11-21(22(12-16)31-2)33-15-17-9-10-18(27)13-20(17)28/h4-14H,3,15H2,1-2H3. The molecule has 0 fully saturated rings. The third-order valence-corrected chi connectivity index (χ3v) is 6.64. The summed E-state index contributed by atoms with van der Waals surface area (Å²) in [6.45, 7) is 2.35. The number of halogens is 2. The molecule has 0 N–H and O–H groups in total. The highest BCUT2D eigenvalue weighted by atomic mass is 35.5. The maximum absolute atomic E-state index is 12.6. The topological polar surface area (TPSA) is 57.1 Å². The van der Waals surface area contributed by atoms with Crippen LogP contribution in [0.1, 0.15) is 28.4 Å². The van der Waals surface area contributed by atoms with Gasteiger partial charge in [-0.05, 0) is 48.9 Å². The molecule has 3 aromatic carbocycles. The molecule has 0 bridgehead atoms. The van der Waals surface area contributed by atoms with Crippen LogP contribution in [0, 0.1) is 0 Å². The number of nitrogens with zero attached hydrogens (tertiary/aromatic N) is 1. The van der Waals surface area contributed by atoms with Gasteiger partial charge in [0, 0.05) is 31.9 Å². The Morgan fingerprint density at radius 3 is 2.65 bits per heavy atom. The van der Waals surface area contributed by atoms with Crippen LogP contribution in [-0.2, 0) is 11.3 Å². The predicted molar refractivity (Wildman–Crippen MR) is 139 cm³/mol. The Labute approximate surface area is 211 Å². The first-order valence-corrected chi connectivity index (χ1v) is 12.0. The van der Waals surface area contributed by atoms with Crippen molar-refractivity contribution >= 4 is 61.8 Å². The number of carbonyl (C=O) groups is 1. The van der Waals surface area contributed by atoms with Gasteiger partial charge >= 0.3 is 5.97 Å². The second-order valence-corrected chi connectivity index (χ2v) is 9.07. The van der Waals surface area contributed by atoms with Crippen LogP contribution in [0.2, 0.25) is 10.0 Å². The van der Waals surface area contributed by atoms with Crippen molar-refractivity contribution in [1.29, 1.82) is 0 Å². The Hall–Kier alpha value is -3.06. The summed E-state index contributed by atoms with van der Waals surface area (Å²) < 4.78 is 17.6. The number of methoxy groups -OCH3 is 1. The largest absolute Gasteiger partial charge is 0.493 e. The number of fused-ring (bicyclic) bond motifs is 1. The molecule has 174 valence electrons. The van der Waals surface area contributed by atoms with Crippen molar-refractivity contribution in [2.45, 2.75) is 13.5 Å². The monoisotopic (exact) mass is 513 g/mol. The second kappa shape index (κ2) is 10.9. The summed E-state index contributed by atoms with van der Waals surface area (Å²) >= 11 is 13.6. The van der Waals surface area contributed by atoms with Crippen molar-refractivity contribution in [2.75, 3.05) is 13.7 Å². The van der Waals surface area contributed by atoms with Crippen molar-refractivity contribution in [3.8, 4) is 11.5 Å². The number of thiophene rings is 1. The Morgan fingerprint density at radius 1 is 1.06 bits per heavy atom. The van der Waals surface area contributed by atoms with Gasteiger partial charge in [0.1, 0.15) is 17.2 Å². The van der Waals surface area contributed by atoms with Crippen LogP contribution < -0.4 is 9.47 Å². The molecule has 0 aliphatic carbocycles. The lowest BCUT2D eigenvalue weighted by Crippen LogP contribution is -2.03. The maximum Gasteiger partial charge on any atom is 0.341 e. The lowest BCUT2D eigenvalue weighted by atomic mass is 10.1. The van der Waals surface area contributed by atoms with Crippen molar-refractivity contribution in [2.24, 2.45) is 4.99 Å². The van der Waals surface area contributed by atoms with Crippen LogP contribution in [-0.4, -0.2) is 25.9 Å². The van der Waals surface area contributed by atoms with Crippen molar-refractivity contribution in [1.82, 2.24) is 0 Å². The molecule has 8 heteroatoms. The maximum atomic E-state index is 12.6. The Balaban J connectivity index is 1.58. The molecule has 0 radical (unpaired) electrons. The van der Waals surface area contributed by atoms with Gasteiger partial charge in [-0.1, -0.05) is 47.5 Å². The minimum atomic E-state index is -0.380. The van der Waals surface area contributed by atoms with Gasteiger partial charge in [-0.3, -0.25) is 0 Å². The number of ether oxygens (including phenoxy) is 3. The van der Waals surface area contributed by atoms with E-state index in [1.54, 1.807) is 38.4 Å². The molecular weight excluding hydrogens is 493 g/mol. The van der Waals surface area contributed by atoms with Gasteiger partial charge in [0.15, 0.2) is 11.5 Å². The fraction of sp³-hybridized carbons (Fsp3) is 0.154. The Morgan fingerprint density at radius 2 is 1.88 bits per heavy atom. The molecule has 0 saturated heterocycles. The Kier molecular flexibility index (Phi) is 7.73. The lowest BCUT2D eigenvalue weighted by Gasteiger charge is -2.12. The van der Waals surface area contributed by atoms with E-state index in [2.05, 4.69) is 4.99 Å². The van der Waals surface area contributed by atoms with Crippen LogP contribution in [0.4, 0.5) is 5.00 Å². The molecule has 1 aromatic heterocycles. The Bertz CT molecular complexity index is 1370. The first-order chi connectivity index (χ1) is 16.5. The predicted octanol–water partition coefficient (Wildman–Crippen LogP) is 7.72. The zero-order valence-electron chi connectivity index (χ0n) is 18.5. The molecule has 1 heterocycles. The van der Waals surface area contributed by atoms with Gasteiger partial charge in [0.25, 0.3) is 0 Å². The molecule has 0 aliphatic rings. The number of esters is 1. The molecule has 34 heavy (non-hydrogen) atoms. The van der Waals surface area contributed by atoms with Crippen molar-refractivity contribution in [3.63, 3.8) is 0 Å². The van der Waals surface area contributed by atoms with E-state index in [0.29, 0.717) is 38.7 Å². The van der Waals surface area contributed by atoms with E-state index in [1.165, 1.54) is 11.3 Å². The van der Waals surface area contributed by atoms with Gasteiger partial charge in [-0.2, -0.15) is 0 Å². The molecule has 0 aliphatic heterocycles. The third kappa shape index (κ3) is 5.36. The van der Waals surface area contributed by atoms with Crippen LogP contribution in [0.25, 0.3) is 10.1 Å². The van der Waals surface area contributed by atoms with Gasteiger partial charge < -0.3 is 14.2 Å². The van der Waals surface area contributed by atoms with E-state index < -0.39 is 0 Å². The van der Waals surface area contributed by atoms with Crippen molar-refractivity contribution in [3.05, 3.63) is 87.4 Å². The number of rotatable bonds is 8. The molecule has 5 nitrogen and oxygen atoms in total. The minimum absolute atomic E-state index is 0.268. The fourth-order valence-corrected chi connectivity index (χ4v) is 4.83. The smallest absolute Gasteiger partial charge is 0.341 e. The van der Waals surface area contributed by atoms with Crippen LogP contribution in [0.5, 0.6) is 11.5 Å². The first-order valence-electron chi connectivity index (χ1n) is 10.5. The molecule has 0 saturated carbocycles. The molecule has 0 spiro atoms. The van der Waals surface area contributed by atoms with Crippen LogP contribution >= 0.6 is 34.5 Å². The highest BCUT2D eigenvalue weighted by Gasteiger charge is 2.19. The summed E-state index contributed by atoms with van der Waals surface area (Å²) in [6.07, 6.45) is 1.69. The van der Waals surface area contributed by atoms with Gasteiger partial charge in [-0.15, -0.1) is 11.3 Å². The van der Waals surface area contributed by atoms with Crippen LogP contribution in [0.15, 0.2) is 65.7 Å². The number of hydrogen-bond donors (Lipinski definition) is 0. The van der Waals surface area contributed by atoms with Gasteiger partial charge in [-0.25, -0.2) is 9.79 Å². The van der Waals surface area contributed by atoms with E-state index in [4.69, 9.17) is 37.4 Å². The normalized spacial score (nSPS) is 11.2. The summed E-state index contributed by atoms with van der Waals surface area (Å²) in [7, 11) is 1.57. The first kappa shape index (κ1) is 24.1. The molecule has 4 aromatic rings. The van der Waals surface area contributed by atoms with Crippen molar-refractivity contribution < 1.29 is 19.0 Å². The summed E-state index contributed by atoms with van der Waals surface area (Å²) in [5, 5.41) is 2.53. The third-order valence-electron chi connectivity index (χ3n) is 4.97. The molecule has 0 atom stereocenters. The zero-order chi connectivity index (χ0) is 24.1. The molecule has 0 unspecified atom stereocenters. The SMILES string of the molecule is CCOC(=O)c1c(N=Cc2ccc(OCc3ccc(Cl)cc3Cl)c(OC)c2)sc2ccccc12. The number of carbonyl (C=O) groups excluding carboxylic acids is 1. The molecule has 0 amide bonds. The summed E-state index contributed by atoms with van der Waals surface area (Å²) in [5.74, 6) is 0.741. The highest BCUT2D eigenvalue weighted by molar-refractivity contribution is 7.23. The lowest BCUT2D eigenvalue weighted by molar-refractivity contribution is 0.0530. The van der Waals surface area contributed by atoms with E-state index in [1.807, 2.05) is 42.5 Å². The molecular formula is C26H21Cl2NO4S. The van der Waals surface area contributed by atoms with Gasteiger partial charge in [0.2, 0.25) is 0 Å². The van der Waals surface area contributed by atoms with E-state index >= 15 is 0 Å². The average Bonchev–Trinajstić information content (AvgIpc) is 3.21. The average molecular weight is 514 g/mol. The fourth-order valence-electron chi connectivity index (χ4n) is 3.34. The van der Waals surface area contributed by atoms with Crippen LogP contribution in [0.3, 0.4) is 0 Å². The summed E-state index contributed by atoms with van der Waals surface area (Å²) in [6, 6.07) is 18.4. The van der Waals surface area contributed by atoms with E-state index in [0.717, 1.165) is 21.2 Å².